The molecule has 2 heterocycles. The van der Waals surface area contributed by atoms with Crippen LogP contribution in [-0.4, -0.2) is 20.4 Å². The number of aryl methyl sites for hydroxylation is 1. The van der Waals surface area contributed by atoms with Gasteiger partial charge in [-0.15, -0.1) is 22.7 Å². The number of hydrogen-bond donors (Lipinski definition) is 2. The van der Waals surface area contributed by atoms with E-state index in [4.69, 9.17) is 0 Å². The van der Waals surface area contributed by atoms with E-state index < -0.39 is 10.0 Å². The lowest BCUT2D eigenvalue weighted by atomic mass is 10.4. The van der Waals surface area contributed by atoms with Crippen molar-refractivity contribution in [3.05, 3.63) is 28.1 Å². The largest absolute Gasteiger partial charge is 0.365 e. The van der Waals surface area contributed by atoms with Gasteiger partial charge in [-0.25, -0.2) is 18.1 Å². The van der Waals surface area contributed by atoms with Gasteiger partial charge in [-0.3, -0.25) is 0 Å². The minimum atomic E-state index is -3.43. The molecule has 0 aliphatic heterocycles. The number of hydrogen-bond acceptors (Lipinski definition) is 6. The quantitative estimate of drug-likeness (QED) is 0.857. The van der Waals surface area contributed by atoms with Gasteiger partial charge in [0.15, 0.2) is 5.13 Å². The van der Waals surface area contributed by atoms with Crippen molar-refractivity contribution in [1.29, 1.82) is 0 Å². The molecule has 0 aliphatic carbocycles. The first-order chi connectivity index (χ1) is 9.05. The number of thiazole rings is 1. The van der Waals surface area contributed by atoms with Gasteiger partial charge in [-0.1, -0.05) is 6.92 Å². The van der Waals surface area contributed by atoms with E-state index in [-0.39, 0.29) is 6.54 Å². The number of nitrogens with one attached hydrogen (secondary N) is 2. The van der Waals surface area contributed by atoms with E-state index in [2.05, 4.69) is 15.0 Å². The third-order valence-corrected chi connectivity index (χ3v) is 6.49. The van der Waals surface area contributed by atoms with Crippen molar-refractivity contribution in [2.45, 2.75) is 24.1 Å². The lowest BCUT2D eigenvalue weighted by molar-refractivity contribution is 0.583. The van der Waals surface area contributed by atoms with E-state index in [1.807, 2.05) is 18.4 Å². The summed E-state index contributed by atoms with van der Waals surface area (Å²) in [7, 11) is -1.65. The van der Waals surface area contributed by atoms with Crippen molar-refractivity contribution in [1.82, 2.24) is 9.71 Å². The Morgan fingerprint density at radius 1 is 1.37 bits per heavy atom. The number of rotatable bonds is 6. The summed E-state index contributed by atoms with van der Waals surface area (Å²) in [6.07, 6.45) is 0.845. The van der Waals surface area contributed by atoms with E-state index in [1.165, 1.54) is 22.7 Å². The Morgan fingerprint density at radius 2 is 2.16 bits per heavy atom. The molecule has 0 saturated heterocycles. The fourth-order valence-corrected chi connectivity index (χ4v) is 4.45. The maximum absolute atomic E-state index is 12.1. The second-order valence-corrected chi connectivity index (χ2v) is 7.81. The summed E-state index contributed by atoms with van der Waals surface area (Å²) in [5.41, 5.74) is 0.713. The van der Waals surface area contributed by atoms with Crippen LogP contribution in [0.3, 0.4) is 0 Å². The highest BCUT2D eigenvalue weighted by Gasteiger charge is 2.16. The molecule has 0 spiro atoms. The molecule has 0 bridgehead atoms. The van der Waals surface area contributed by atoms with Gasteiger partial charge in [0.05, 0.1) is 12.2 Å². The van der Waals surface area contributed by atoms with E-state index in [1.54, 1.807) is 13.1 Å². The Balaban J connectivity index is 2.05. The van der Waals surface area contributed by atoms with Gasteiger partial charge >= 0.3 is 0 Å². The van der Waals surface area contributed by atoms with Crippen LogP contribution >= 0.6 is 22.7 Å². The first kappa shape index (κ1) is 14.4. The standard InChI is InChI=1S/C11H15N3O2S3/c1-3-9-4-5-10(18-9)19(15,16)13-6-8-7-17-11(12-2)14-8/h4-5,7,13H,3,6H2,1-2H3,(H,12,14). The summed E-state index contributed by atoms with van der Waals surface area (Å²) < 4.78 is 27.1. The molecule has 0 aromatic carbocycles. The van der Waals surface area contributed by atoms with Gasteiger partial charge in [0, 0.05) is 17.3 Å². The molecule has 5 nitrogen and oxygen atoms in total. The second-order valence-electron chi connectivity index (χ2n) is 3.79. The summed E-state index contributed by atoms with van der Waals surface area (Å²) in [4.78, 5) is 5.29. The maximum atomic E-state index is 12.1. The predicted molar refractivity (Wildman–Crippen MR) is 79.4 cm³/mol. The molecule has 2 aromatic heterocycles. The molecule has 2 N–H and O–H groups in total. The van der Waals surface area contributed by atoms with Crippen LogP contribution in [-0.2, 0) is 23.0 Å². The van der Waals surface area contributed by atoms with Crippen molar-refractivity contribution in [3.63, 3.8) is 0 Å². The van der Waals surface area contributed by atoms with E-state index in [0.717, 1.165) is 16.4 Å². The zero-order valence-corrected chi connectivity index (χ0v) is 13.1. The van der Waals surface area contributed by atoms with Crippen molar-refractivity contribution in [3.8, 4) is 0 Å². The van der Waals surface area contributed by atoms with Gasteiger partial charge in [0.1, 0.15) is 4.21 Å². The first-order valence-corrected chi connectivity index (χ1v) is 8.93. The fraction of sp³-hybridized carbons (Fsp3) is 0.364. The van der Waals surface area contributed by atoms with Gasteiger partial charge in [-0.2, -0.15) is 0 Å². The second kappa shape index (κ2) is 6.00. The average molecular weight is 317 g/mol. The Bertz CT molecular complexity index is 646. The molecule has 0 unspecified atom stereocenters. The van der Waals surface area contributed by atoms with Crippen LogP contribution in [0, 0.1) is 0 Å². The maximum Gasteiger partial charge on any atom is 0.250 e. The number of aromatic nitrogens is 1. The number of anilines is 1. The normalized spacial score (nSPS) is 11.7. The predicted octanol–water partition coefficient (Wildman–Crippen LogP) is 2.29. The third kappa shape index (κ3) is 3.53. The highest BCUT2D eigenvalue weighted by molar-refractivity contribution is 7.91. The molecule has 104 valence electrons. The minimum Gasteiger partial charge on any atom is -0.365 e. The van der Waals surface area contributed by atoms with Crippen molar-refractivity contribution < 1.29 is 8.42 Å². The average Bonchev–Trinajstić information content (AvgIpc) is 3.05. The van der Waals surface area contributed by atoms with Crippen molar-refractivity contribution in [2.75, 3.05) is 12.4 Å². The van der Waals surface area contributed by atoms with Crippen LogP contribution in [0.2, 0.25) is 0 Å². The molecular formula is C11H15N3O2S3. The fourth-order valence-electron chi connectivity index (χ4n) is 1.44. The summed E-state index contributed by atoms with van der Waals surface area (Å²) in [6, 6.07) is 3.49. The van der Waals surface area contributed by atoms with Gasteiger partial charge in [0.2, 0.25) is 10.0 Å². The Kier molecular flexibility index (Phi) is 4.56. The molecule has 0 amide bonds. The Labute approximate surface area is 120 Å². The number of nitrogens with zero attached hydrogens (tertiary/aromatic N) is 1. The lowest BCUT2D eigenvalue weighted by Crippen LogP contribution is -2.22. The lowest BCUT2D eigenvalue weighted by Gasteiger charge is -2.02. The van der Waals surface area contributed by atoms with E-state index in [9.17, 15) is 8.42 Å². The highest BCUT2D eigenvalue weighted by atomic mass is 32.2. The summed E-state index contributed by atoms with van der Waals surface area (Å²) in [6.45, 7) is 2.21. The van der Waals surface area contributed by atoms with Crippen LogP contribution in [0.4, 0.5) is 5.13 Å². The monoisotopic (exact) mass is 317 g/mol. The van der Waals surface area contributed by atoms with E-state index in [0.29, 0.717) is 9.90 Å². The van der Waals surface area contributed by atoms with Gasteiger partial charge in [-0.05, 0) is 18.6 Å². The van der Waals surface area contributed by atoms with Crippen LogP contribution in [0.25, 0.3) is 0 Å². The molecular weight excluding hydrogens is 302 g/mol. The summed E-state index contributed by atoms with van der Waals surface area (Å²) >= 11 is 2.75. The number of sulfonamides is 1. The highest BCUT2D eigenvalue weighted by Crippen LogP contribution is 2.22. The van der Waals surface area contributed by atoms with Crippen LogP contribution in [0.1, 0.15) is 17.5 Å². The SMILES string of the molecule is CCc1ccc(S(=O)(=O)NCc2csc(NC)n2)s1. The number of thiophene rings is 1. The zero-order valence-electron chi connectivity index (χ0n) is 10.6. The summed E-state index contributed by atoms with van der Waals surface area (Å²) in [5, 5.41) is 5.53. The zero-order chi connectivity index (χ0) is 13.9. The molecule has 8 heteroatoms. The summed E-state index contributed by atoms with van der Waals surface area (Å²) in [5.74, 6) is 0. The first-order valence-electron chi connectivity index (χ1n) is 5.75. The van der Waals surface area contributed by atoms with Crippen LogP contribution in [0.5, 0.6) is 0 Å². The van der Waals surface area contributed by atoms with Crippen LogP contribution < -0.4 is 10.0 Å². The Hall–Kier alpha value is -0.960. The molecule has 2 aromatic rings. The topological polar surface area (TPSA) is 71.1 Å². The van der Waals surface area contributed by atoms with Crippen molar-refractivity contribution >= 4 is 37.8 Å². The van der Waals surface area contributed by atoms with Crippen molar-refractivity contribution in [2.24, 2.45) is 0 Å². The smallest absolute Gasteiger partial charge is 0.250 e. The van der Waals surface area contributed by atoms with Crippen LogP contribution in [0.15, 0.2) is 21.7 Å². The van der Waals surface area contributed by atoms with Gasteiger partial charge in [0.25, 0.3) is 0 Å². The molecule has 0 aliphatic rings. The molecule has 0 fully saturated rings. The van der Waals surface area contributed by atoms with E-state index >= 15 is 0 Å². The minimum absolute atomic E-state index is 0.208. The molecule has 0 saturated carbocycles. The van der Waals surface area contributed by atoms with Gasteiger partial charge < -0.3 is 5.32 Å². The third-order valence-electron chi connectivity index (χ3n) is 2.46. The molecule has 2 rings (SSSR count). The Morgan fingerprint density at radius 3 is 2.74 bits per heavy atom. The molecule has 19 heavy (non-hydrogen) atoms. The molecule has 0 atom stereocenters. The molecule has 0 radical (unpaired) electrons.